The number of allylic oxidation sites excluding steroid dienone is 3. The summed E-state index contributed by atoms with van der Waals surface area (Å²) in [6.07, 6.45) is 5.77. The van der Waals surface area contributed by atoms with E-state index in [1.807, 2.05) is 0 Å². The Labute approximate surface area is 200 Å². The van der Waals surface area contributed by atoms with Crippen LogP contribution in [-0.2, 0) is 13.0 Å². The maximum atomic E-state index is 4.51. The average molecular weight is 439 g/mol. The number of likely N-dealkylation sites (tertiary alicyclic amines) is 1. The zero-order valence-electron chi connectivity index (χ0n) is 20.4. The lowest BCUT2D eigenvalue weighted by molar-refractivity contribution is 0.204. The predicted molar refractivity (Wildman–Crippen MR) is 140 cm³/mol. The quantitative estimate of drug-likeness (QED) is 0.559. The fraction of sp³-hybridized carbons (Fsp3) is 0.419. The molecule has 1 aliphatic carbocycles. The van der Waals surface area contributed by atoms with Crippen LogP contribution in [0.2, 0.25) is 0 Å². The topological polar surface area (TPSA) is 15.3 Å². The number of hydrogen-bond acceptors (Lipinski definition) is 2. The summed E-state index contributed by atoms with van der Waals surface area (Å²) in [6.45, 7) is 20.8. The predicted octanol–water partition coefficient (Wildman–Crippen LogP) is 6.90. The molecule has 172 valence electrons. The largest absolute Gasteiger partial charge is 0.363 e. The monoisotopic (exact) mass is 438 g/mol. The van der Waals surface area contributed by atoms with Gasteiger partial charge >= 0.3 is 0 Å². The molecule has 2 aliphatic heterocycles. The summed E-state index contributed by atoms with van der Waals surface area (Å²) >= 11 is 0. The Hall–Kier alpha value is -2.58. The number of nitrogens with one attached hydrogen (secondary N) is 1. The number of nitrogens with zero attached hydrogens (tertiary/aromatic N) is 1. The molecule has 0 radical (unpaired) electrons. The third-order valence-corrected chi connectivity index (χ3v) is 8.43. The fourth-order valence-electron chi connectivity index (χ4n) is 6.21. The number of benzene rings is 2. The summed E-state index contributed by atoms with van der Waals surface area (Å²) in [7, 11) is 0. The Morgan fingerprint density at radius 1 is 0.909 bits per heavy atom. The van der Waals surface area contributed by atoms with E-state index in [9.17, 15) is 0 Å². The van der Waals surface area contributed by atoms with Crippen LogP contribution in [0.3, 0.4) is 0 Å². The second-order valence-corrected chi connectivity index (χ2v) is 10.6. The van der Waals surface area contributed by atoms with Gasteiger partial charge in [0.2, 0.25) is 0 Å². The molecule has 2 aromatic carbocycles. The maximum absolute atomic E-state index is 4.51. The van der Waals surface area contributed by atoms with Crippen molar-refractivity contribution < 1.29 is 0 Å². The van der Waals surface area contributed by atoms with Gasteiger partial charge in [-0.2, -0.15) is 0 Å². The molecule has 0 spiro atoms. The Morgan fingerprint density at radius 2 is 1.70 bits per heavy atom. The van der Waals surface area contributed by atoms with E-state index in [2.05, 4.69) is 80.2 Å². The molecule has 2 atom stereocenters. The molecule has 5 rings (SSSR count). The molecular formula is C31H38N2. The Morgan fingerprint density at radius 3 is 2.42 bits per heavy atom. The van der Waals surface area contributed by atoms with Crippen molar-refractivity contribution in [1.29, 1.82) is 0 Å². The first-order chi connectivity index (χ1) is 15.9. The van der Waals surface area contributed by atoms with Crippen molar-refractivity contribution >= 4 is 5.57 Å². The van der Waals surface area contributed by atoms with Crippen molar-refractivity contribution in [3.8, 4) is 0 Å². The first-order valence-electron chi connectivity index (χ1n) is 12.6. The van der Waals surface area contributed by atoms with Crippen molar-refractivity contribution in [3.63, 3.8) is 0 Å². The van der Waals surface area contributed by atoms with Crippen LogP contribution in [-0.4, -0.2) is 18.0 Å². The van der Waals surface area contributed by atoms with E-state index in [0.29, 0.717) is 17.8 Å². The summed E-state index contributed by atoms with van der Waals surface area (Å²) in [5, 5.41) is 3.41. The third kappa shape index (κ3) is 4.46. The normalized spacial score (nSPS) is 24.1. The van der Waals surface area contributed by atoms with Crippen LogP contribution in [0.15, 0.2) is 67.5 Å². The van der Waals surface area contributed by atoms with E-state index in [0.717, 1.165) is 37.2 Å². The number of piperidine rings is 2. The SMILES string of the molecule is C=C1CCC(C2Cc3cc(C4CCN(Cc5ccc(C)c(C)c5)CC4)ccc3C2=C)C(=C)N1. The minimum absolute atomic E-state index is 0.465. The molecule has 0 amide bonds. The molecule has 2 saturated heterocycles. The molecule has 2 unspecified atom stereocenters. The molecule has 2 heteroatoms. The number of fused-ring (bicyclic) bond motifs is 1. The summed E-state index contributed by atoms with van der Waals surface area (Å²) in [4.78, 5) is 2.63. The number of hydrogen-bond donors (Lipinski definition) is 1. The third-order valence-electron chi connectivity index (χ3n) is 8.43. The minimum Gasteiger partial charge on any atom is -0.363 e. The number of rotatable bonds is 4. The summed E-state index contributed by atoms with van der Waals surface area (Å²) < 4.78 is 0. The van der Waals surface area contributed by atoms with Gasteiger partial charge in [0.1, 0.15) is 0 Å². The van der Waals surface area contributed by atoms with Crippen LogP contribution in [0, 0.1) is 25.7 Å². The van der Waals surface area contributed by atoms with Gasteiger partial charge in [0.05, 0.1) is 0 Å². The highest BCUT2D eigenvalue weighted by Gasteiger charge is 2.35. The average Bonchev–Trinajstić information content (AvgIpc) is 3.12. The van der Waals surface area contributed by atoms with Gasteiger partial charge in [-0.05, 0) is 110 Å². The van der Waals surface area contributed by atoms with E-state index in [1.165, 1.54) is 64.9 Å². The number of aryl methyl sites for hydroxylation is 2. The molecular weight excluding hydrogens is 400 g/mol. The summed E-state index contributed by atoms with van der Waals surface area (Å²) in [6, 6.07) is 14.2. The van der Waals surface area contributed by atoms with E-state index in [1.54, 1.807) is 0 Å². The first-order valence-corrected chi connectivity index (χ1v) is 12.6. The van der Waals surface area contributed by atoms with Crippen molar-refractivity contribution in [1.82, 2.24) is 10.2 Å². The second kappa shape index (κ2) is 8.99. The van der Waals surface area contributed by atoms with Crippen LogP contribution in [0.25, 0.3) is 5.57 Å². The van der Waals surface area contributed by atoms with Crippen molar-refractivity contribution in [2.75, 3.05) is 13.1 Å². The highest BCUT2D eigenvalue weighted by Crippen LogP contribution is 2.46. The molecule has 1 N–H and O–H groups in total. The lowest BCUT2D eigenvalue weighted by Crippen LogP contribution is -2.32. The van der Waals surface area contributed by atoms with E-state index < -0.39 is 0 Å². The molecule has 2 heterocycles. The van der Waals surface area contributed by atoms with Crippen molar-refractivity contribution in [3.05, 3.63) is 101 Å². The Bertz CT molecular complexity index is 1100. The van der Waals surface area contributed by atoms with E-state index in [-0.39, 0.29) is 0 Å². The van der Waals surface area contributed by atoms with Crippen LogP contribution in [0.4, 0.5) is 0 Å². The zero-order valence-corrected chi connectivity index (χ0v) is 20.4. The summed E-state index contributed by atoms with van der Waals surface area (Å²) in [5.74, 6) is 1.61. The van der Waals surface area contributed by atoms with Crippen LogP contribution in [0.1, 0.15) is 65.0 Å². The van der Waals surface area contributed by atoms with E-state index in [4.69, 9.17) is 0 Å². The first kappa shape index (κ1) is 22.2. The van der Waals surface area contributed by atoms with E-state index >= 15 is 0 Å². The molecule has 33 heavy (non-hydrogen) atoms. The molecule has 0 aromatic heterocycles. The van der Waals surface area contributed by atoms with Gasteiger partial charge in [-0.1, -0.05) is 56.1 Å². The van der Waals surface area contributed by atoms with Crippen LogP contribution >= 0.6 is 0 Å². The van der Waals surface area contributed by atoms with Crippen molar-refractivity contribution in [2.24, 2.45) is 11.8 Å². The molecule has 0 bridgehead atoms. The van der Waals surface area contributed by atoms with Gasteiger partial charge in [-0.15, -0.1) is 0 Å². The lowest BCUT2D eigenvalue weighted by atomic mass is 9.80. The molecule has 3 aliphatic rings. The molecule has 0 saturated carbocycles. The van der Waals surface area contributed by atoms with Crippen LogP contribution < -0.4 is 5.32 Å². The smallest absolute Gasteiger partial charge is 0.0233 e. The van der Waals surface area contributed by atoms with Crippen LogP contribution in [0.5, 0.6) is 0 Å². The molecule has 2 nitrogen and oxygen atoms in total. The van der Waals surface area contributed by atoms with Gasteiger partial charge in [-0.25, -0.2) is 0 Å². The Balaban J connectivity index is 1.22. The standard InChI is InChI=1S/C31H38N2/c1-20-6-8-25(16-21(20)2)19-33-14-12-26(13-15-33)27-9-11-29-23(4)31(18-28(29)17-27)30-10-7-22(3)32-24(30)5/h6,8-9,11,16-17,26,30-32H,3-5,7,10,12-15,18-19H2,1-2H3. The Kier molecular flexibility index (Phi) is 6.05. The van der Waals surface area contributed by atoms with Gasteiger partial charge < -0.3 is 5.32 Å². The highest BCUT2D eigenvalue weighted by molar-refractivity contribution is 5.74. The maximum Gasteiger partial charge on any atom is 0.0233 e. The minimum atomic E-state index is 0.465. The highest BCUT2D eigenvalue weighted by atomic mass is 15.1. The van der Waals surface area contributed by atoms with Gasteiger partial charge in [-0.3, -0.25) is 4.90 Å². The molecule has 2 aromatic rings. The lowest BCUT2D eigenvalue weighted by Gasteiger charge is -2.32. The fourth-order valence-corrected chi connectivity index (χ4v) is 6.21. The van der Waals surface area contributed by atoms with Gasteiger partial charge in [0.15, 0.2) is 0 Å². The second-order valence-electron chi connectivity index (χ2n) is 10.6. The van der Waals surface area contributed by atoms with Crippen molar-refractivity contribution in [2.45, 2.75) is 58.4 Å². The molecule has 2 fully saturated rings. The summed E-state index contributed by atoms with van der Waals surface area (Å²) in [5.41, 5.74) is 12.2. The van der Waals surface area contributed by atoms with Gasteiger partial charge in [0, 0.05) is 23.9 Å². The van der Waals surface area contributed by atoms with Gasteiger partial charge in [0.25, 0.3) is 0 Å². The zero-order chi connectivity index (χ0) is 23.1.